The van der Waals surface area contributed by atoms with E-state index in [2.05, 4.69) is 10.6 Å². The molecule has 1 atom stereocenters. The van der Waals surface area contributed by atoms with Crippen LogP contribution in [0.1, 0.15) is 19.8 Å². The summed E-state index contributed by atoms with van der Waals surface area (Å²) in [6.07, 6.45) is 1.31. The number of rotatable bonds is 8. The highest BCUT2D eigenvalue weighted by Gasteiger charge is 2.08. The van der Waals surface area contributed by atoms with Crippen LogP contribution in [0.5, 0.6) is 0 Å². The zero-order chi connectivity index (χ0) is 10.8. The Kier molecular flexibility index (Phi) is 9.13. The smallest absolute Gasteiger partial charge is 0.224 e. The summed E-state index contributed by atoms with van der Waals surface area (Å²) >= 11 is -0.869. The molecule has 0 aromatic heterocycles. The molecular weight excluding hydrogens is 200 g/mol. The van der Waals surface area contributed by atoms with Crippen LogP contribution < -0.4 is 10.6 Å². The Labute approximate surface area is 89.0 Å². The minimum atomic E-state index is -0.869. The SMILES string of the molecule is CCCNC(=O)CC[S+]([O-])CCNC. The predicted octanol–water partition coefficient (Wildman–Crippen LogP) is -0.129. The fourth-order valence-corrected chi connectivity index (χ4v) is 1.93. The van der Waals surface area contributed by atoms with Crippen molar-refractivity contribution in [3.05, 3.63) is 0 Å². The maximum Gasteiger partial charge on any atom is 0.224 e. The fraction of sp³-hybridized carbons (Fsp3) is 0.889. The van der Waals surface area contributed by atoms with Crippen molar-refractivity contribution >= 4 is 17.1 Å². The molecule has 84 valence electrons. The Morgan fingerprint density at radius 2 is 2.07 bits per heavy atom. The van der Waals surface area contributed by atoms with Crippen molar-refractivity contribution in [1.82, 2.24) is 10.6 Å². The molecule has 0 aromatic rings. The summed E-state index contributed by atoms with van der Waals surface area (Å²) in [5.41, 5.74) is 0. The van der Waals surface area contributed by atoms with Gasteiger partial charge in [-0.1, -0.05) is 18.1 Å². The molecule has 0 spiro atoms. The first-order valence-corrected chi connectivity index (χ1v) is 6.45. The van der Waals surface area contributed by atoms with Crippen LogP contribution >= 0.6 is 0 Å². The van der Waals surface area contributed by atoms with Crippen molar-refractivity contribution in [2.24, 2.45) is 0 Å². The van der Waals surface area contributed by atoms with Gasteiger partial charge in [0.15, 0.2) is 0 Å². The molecule has 0 aliphatic heterocycles. The first kappa shape index (κ1) is 13.7. The van der Waals surface area contributed by atoms with Crippen molar-refractivity contribution in [3.63, 3.8) is 0 Å². The number of carbonyl (C=O) groups excluding carboxylic acids is 1. The lowest BCUT2D eigenvalue weighted by atomic mass is 10.4. The van der Waals surface area contributed by atoms with E-state index in [-0.39, 0.29) is 5.91 Å². The molecule has 4 nitrogen and oxygen atoms in total. The van der Waals surface area contributed by atoms with E-state index in [1.54, 1.807) is 0 Å². The van der Waals surface area contributed by atoms with Crippen molar-refractivity contribution in [2.45, 2.75) is 19.8 Å². The third kappa shape index (κ3) is 8.34. The van der Waals surface area contributed by atoms with Gasteiger partial charge in [-0.05, 0) is 13.5 Å². The standard InChI is InChI=1S/C9H20N2O2S/c1-3-5-11-9(12)4-7-14(13)8-6-10-2/h10H,3-8H2,1-2H3,(H,11,12). The zero-order valence-electron chi connectivity index (χ0n) is 8.97. The second-order valence-corrected chi connectivity index (χ2v) is 4.75. The van der Waals surface area contributed by atoms with Crippen LogP contribution in [0.15, 0.2) is 0 Å². The molecule has 0 radical (unpaired) electrons. The highest BCUT2D eigenvalue weighted by Crippen LogP contribution is 1.93. The Hall–Kier alpha value is -0.260. The molecule has 0 saturated heterocycles. The summed E-state index contributed by atoms with van der Waals surface area (Å²) in [7, 11) is 1.82. The topological polar surface area (TPSA) is 64.2 Å². The lowest BCUT2D eigenvalue weighted by Crippen LogP contribution is -2.28. The van der Waals surface area contributed by atoms with Crippen LogP contribution in [0.4, 0.5) is 0 Å². The molecule has 0 aliphatic carbocycles. The highest BCUT2D eigenvalue weighted by atomic mass is 32.2. The van der Waals surface area contributed by atoms with Crippen LogP contribution in [0.2, 0.25) is 0 Å². The van der Waals surface area contributed by atoms with E-state index >= 15 is 0 Å². The summed E-state index contributed by atoms with van der Waals surface area (Å²) in [5.74, 6) is 1.10. The predicted molar refractivity (Wildman–Crippen MR) is 59.7 cm³/mol. The average Bonchev–Trinajstić information content (AvgIpc) is 2.20. The largest absolute Gasteiger partial charge is 0.616 e. The van der Waals surface area contributed by atoms with Gasteiger partial charge in [-0.25, -0.2) is 0 Å². The van der Waals surface area contributed by atoms with Gasteiger partial charge in [-0.15, -0.1) is 0 Å². The van der Waals surface area contributed by atoms with Crippen LogP contribution in [0, 0.1) is 0 Å². The number of nitrogens with one attached hydrogen (secondary N) is 2. The van der Waals surface area contributed by atoms with E-state index in [9.17, 15) is 9.35 Å². The molecule has 2 N–H and O–H groups in total. The molecule has 0 rings (SSSR count). The second-order valence-electron chi connectivity index (χ2n) is 3.05. The molecule has 0 aliphatic rings. The van der Waals surface area contributed by atoms with Crippen LogP contribution in [0.25, 0.3) is 0 Å². The summed E-state index contributed by atoms with van der Waals surface area (Å²) in [5, 5.41) is 5.68. The van der Waals surface area contributed by atoms with Gasteiger partial charge in [0.1, 0.15) is 11.5 Å². The number of amides is 1. The minimum Gasteiger partial charge on any atom is -0.616 e. The zero-order valence-corrected chi connectivity index (χ0v) is 9.78. The first-order chi connectivity index (χ1) is 6.70. The fourth-order valence-electron chi connectivity index (χ4n) is 0.877. The third-order valence-electron chi connectivity index (χ3n) is 1.71. The van der Waals surface area contributed by atoms with E-state index < -0.39 is 11.2 Å². The molecule has 1 amide bonds. The van der Waals surface area contributed by atoms with Crippen LogP contribution in [-0.2, 0) is 16.0 Å². The van der Waals surface area contributed by atoms with Crippen molar-refractivity contribution in [3.8, 4) is 0 Å². The van der Waals surface area contributed by atoms with Gasteiger partial charge in [0, 0.05) is 13.1 Å². The van der Waals surface area contributed by atoms with E-state index in [4.69, 9.17) is 0 Å². The molecular formula is C9H20N2O2S. The van der Waals surface area contributed by atoms with Crippen LogP contribution in [0.3, 0.4) is 0 Å². The van der Waals surface area contributed by atoms with Crippen molar-refractivity contribution in [2.75, 3.05) is 31.6 Å². The van der Waals surface area contributed by atoms with Crippen LogP contribution in [-0.4, -0.2) is 42.1 Å². The van der Waals surface area contributed by atoms with Gasteiger partial charge in [0.25, 0.3) is 0 Å². The molecule has 0 aromatic carbocycles. The monoisotopic (exact) mass is 220 g/mol. The van der Waals surface area contributed by atoms with Gasteiger partial charge >= 0.3 is 0 Å². The van der Waals surface area contributed by atoms with E-state index in [0.717, 1.165) is 13.0 Å². The summed E-state index contributed by atoms with van der Waals surface area (Å²) in [4.78, 5) is 11.1. The number of carbonyl (C=O) groups is 1. The summed E-state index contributed by atoms with van der Waals surface area (Å²) in [6.45, 7) is 3.45. The van der Waals surface area contributed by atoms with Gasteiger partial charge < -0.3 is 15.2 Å². The Morgan fingerprint density at radius 1 is 1.36 bits per heavy atom. The molecule has 0 saturated carbocycles. The third-order valence-corrected chi connectivity index (χ3v) is 3.03. The molecule has 14 heavy (non-hydrogen) atoms. The normalized spacial score (nSPS) is 12.5. The molecule has 5 heteroatoms. The number of hydrogen-bond acceptors (Lipinski definition) is 3. The molecule has 1 unspecified atom stereocenters. The quantitative estimate of drug-likeness (QED) is 0.560. The highest BCUT2D eigenvalue weighted by molar-refractivity contribution is 7.91. The van der Waals surface area contributed by atoms with E-state index in [1.807, 2.05) is 14.0 Å². The average molecular weight is 220 g/mol. The minimum absolute atomic E-state index is 0.00431. The van der Waals surface area contributed by atoms with Gasteiger partial charge in [-0.2, -0.15) is 0 Å². The summed E-state index contributed by atoms with van der Waals surface area (Å²) < 4.78 is 11.3. The van der Waals surface area contributed by atoms with Crippen molar-refractivity contribution < 1.29 is 9.35 Å². The van der Waals surface area contributed by atoms with Crippen molar-refractivity contribution in [1.29, 1.82) is 0 Å². The van der Waals surface area contributed by atoms with Gasteiger partial charge in [0.2, 0.25) is 5.91 Å². The molecule has 0 fully saturated rings. The molecule has 0 bridgehead atoms. The van der Waals surface area contributed by atoms with Gasteiger partial charge in [0.05, 0.1) is 6.42 Å². The van der Waals surface area contributed by atoms with E-state index in [1.165, 1.54) is 0 Å². The first-order valence-electron chi connectivity index (χ1n) is 4.97. The Balaban J connectivity index is 3.36. The second kappa shape index (κ2) is 9.30. The van der Waals surface area contributed by atoms with E-state index in [0.29, 0.717) is 24.5 Å². The molecule has 0 heterocycles. The maximum atomic E-state index is 11.3. The maximum absolute atomic E-state index is 11.3. The van der Waals surface area contributed by atoms with Gasteiger partial charge in [-0.3, -0.25) is 4.79 Å². The lowest BCUT2D eigenvalue weighted by Gasteiger charge is -2.10. The Morgan fingerprint density at radius 3 is 2.64 bits per heavy atom. The Bertz CT molecular complexity index is 156. The number of hydrogen-bond donors (Lipinski definition) is 2. The summed E-state index contributed by atoms with van der Waals surface area (Å²) in [6, 6.07) is 0. The lowest BCUT2D eigenvalue weighted by molar-refractivity contribution is -0.120.